The third kappa shape index (κ3) is 5.69. The molecule has 0 unspecified atom stereocenters. The van der Waals surface area contributed by atoms with Crippen LogP contribution in [0.15, 0.2) is 66.9 Å². The highest BCUT2D eigenvalue weighted by Gasteiger charge is 2.30. The summed E-state index contributed by atoms with van der Waals surface area (Å²) >= 11 is 0. The van der Waals surface area contributed by atoms with E-state index in [-0.39, 0.29) is 5.88 Å². The number of amides is 1. The van der Waals surface area contributed by atoms with Crippen molar-refractivity contribution in [2.75, 3.05) is 38.2 Å². The van der Waals surface area contributed by atoms with Crippen LogP contribution in [0.5, 0.6) is 23.1 Å². The summed E-state index contributed by atoms with van der Waals surface area (Å²) in [6.45, 7) is 2.35. The summed E-state index contributed by atoms with van der Waals surface area (Å²) < 4.78 is 54.0. The second-order valence-corrected chi connectivity index (χ2v) is 7.50. The van der Waals surface area contributed by atoms with Gasteiger partial charge in [0.2, 0.25) is 5.88 Å². The molecule has 34 heavy (non-hydrogen) atoms. The molecule has 0 saturated carbocycles. The van der Waals surface area contributed by atoms with Crippen molar-refractivity contribution in [1.82, 2.24) is 9.88 Å². The Bertz CT molecular complexity index is 1110. The lowest BCUT2D eigenvalue weighted by atomic mass is 10.2. The van der Waals surface area contributed by atoms with Crippen LogP contribution in [0, 0.1) is 0 Å². The van der Waals surface area contributed by atoms with Gasteiger partial charge in [-0.25, -0.2) is 9.78 Å². The number of anilines is 1. The average molecular weight is 473 g/mol. The van der Waals surface area contributed by atoms with Gasteiger partial charge >= 0.3 is 12.3 Å². The number of aromatic nitrogens is 1. The summed E-state index contributed by atoms with van der Waals surface area (Å²) in [5, 5.41) is 0. The highest BCUT2D eigenvalue weighted by molar-refractivity contribution is 5.71. The highest BCUT2D eigenvalue weighted by atomic mass is 19.4. The maximum Gasteiger partial charge on any atom is 0.417 e. The Morgan fingerprint density at radius 3 is 2.24 bits per heavy atom. The van der Waals surface area contributed by atoms with Crippen LogP contribution >= 0.6 is 0 Å². The third-order valence-electron chi connectivity index (χ3n) is 5.27. The van der Waals surface area contributed by atoms with Gasteiger partial charge in [0.25, 0.3) is 0 Å². The fraction of sp³-hybridized carbons (Fsp3) is 0.250. The molecule has 3 aromatic rings. The molecule has 0 N–H and O–H groups in total. The van der Waals surface area contributed by atoms with Crippen molar-refractivity contribution >= 4 is 11.8 Å². The van der Waals surface area contributed by atoms with Crippen molar-refractivity contribution in [1.29, 1.82) is 0 Å². The highest BCUT2D eigenvalue weighted by Crippen LogP contribution is 2.30. The fourth-order valence-electron chi connectivity index (χ4n) is 3.42. The van der Waals surface area contributed by atoms with E-state index < -0.39 is 17.8 Å². The van der Waals surface area contributed by atoms with Gasteiger partial charge in [-0.05, 0) is 42.5 Å². The van der Waals surface area contributed by atoms with Crippen molar-refractivity contribution in [2.24, 2.45) is 0 Å². The minimum atomic E-state index is -4.46. The largest absolute Gasteiger partial charge is 0.497 e. The minimum absolute atomic E-state index is 0.0200. The van der Waals surface area contributed by atoms with Gasteiger partial charge in [-0.1, -0.05) is 6.07 Å². The monoisotopic (exact) mass is 473 g/mol. The molecule has 2 aromatic carbocycles. The Kier molecular flexibility index (Phi) is 6.76. The maximum absolute atomic E-state index is 12.6. The lowest BCUT2D eigenvalue weighted by Gasteiger charge is -2.35. The van der Waals surface area contributed by atoms with E-state index in [0.29, 0.717) is 43.9 Å². The van der Waals surface area contributed by atoms with Gasteiger partial charge in [-0.15, -0.1) is 0 Å². The number of alkyl halides is 3. The first-order valence-corrected chi connectivity index (χ1v) is 10.5. The molecule has 0 aliphatic carbocycles. The van der Waals surface area contributed by atoms with Crippen LogP contribution in [-0.4, -0.2) is 49.3 Å². The smallest absolute Gasteiger partial charge is 0.417 e. The number of carbonyl (C=O) groups excluding carboxylic acids is 1. The van der Waals surface area contributed by atoms with Crippen molar-refractivity contribution < 1.29 is 32.2 Å². The van der Waals surface area contributed by atoms with Crippen molar-refractivity contribution in [3.05, 3.63) is 72.4 Å². The van der Waals surface area contributed by atoms with E-state index in [2.05, 4.69) is 9.88 Å². The molecular formula is C24H22F3N3O4. The number of carbonyl (C=O) groups is 1. The molecule has 2 heterocycles. The number of benzene rings is 2. The predicted octanol–water partition coefficient (Wildman–Crippen LogP) is 5.22. The van der Waals surface area contributed by atoms with Crippen LogP contribution in [0.3, 0.4) is 0 Å². The molecule has 0 radical (unpaired) electrons. The van der Waals surface area contributed by atoms with E-state index >= 15 is 0 Å². The van der Waals surface area contributed by atoms with Crippen LogP contribution in [0.2, 0.25) is 0 Å². The Labute approximate surface area is 194 Å². The van der Waals surface area contributed by atoms with Crippen LogP contribution in [0.1, 0.15) is 5.56 Å². The number of ether oxygens (including phenoxy) is 3. The standard InChI is InChI=1S/C24H22F3N3O4/c1-32-21-4-2-3-18(15-21)29-11-13-30(14-12-29)23(31)34-20-8-6-19(7-9-20)33-22-10-5-17(16-28-22)24(25,26)27/h2-10,15-16H,11-14H2,1H3. The van der Waals surface area contributed by atoms with Crippen molar-refractivity contribution in [3.63, 3.8) is 0 Å². The summed E-state index contributed by atoms with van der Waals surface area (Å²) in [6.07, 6.45) is -4.21. The summed E-state index contributed by atoms with van der Waals surface area (Å²) in [5.74, 6) is 1.47. The van der Waals surface area contributed by atoms with E-state index in [9.17, 15) is 18.0 Å². The normalized spacial score (nSPS) is 14.0. The molecule has 1 saturated heterocycles. The zero-order valence-corrected chi connectivity index (χ0v) is 18.3. The number of rotatable bonds is 5. The molecule has 1 aliphatic heterocycles. The van der Waals surface area contributed by atoms with E-state index in [1.807, 2.05) is 24.3 Å². The lowest BCUT2D eigenvalue weighted by molar-refractivity contribution is -0.137. The fourth-order valence-corrected chi connectivity index (χ4v) is 3.42. The van der Waals surface area contributed by atoms with Crippen molar-refractivity contribution in [2.45, 2.75) is 6.18 Å². The molecule has 0 bridgehead atoms. The predicted molar refractivity (Wildman–Crippen MR) is 119 cm³/mol. The summed E-state index contributed by atoms with van der Waals surface area (Å²) in [6, 6.07) is 16.0. The SMILES string of the molecule is COc1cccc(N2CCN(C(=O)Oc3ccc(Oc4ccc(C(F)(F)F)cn4)cc3)CC2)c1. The maximum atomic E-state index is 12.6. The molecule has 178 valence electrons. The zero-order valence-electron chi connectivity index (χ0n) is 18.3. The number of hydrogen-bond donors (Lipinski definition) is 0. The molecule has 1 amide bonds. The van der Waals surface area contributed by atoms with Crippen LogP contribution in [0.25, 0.3) is 0 Å². The number of piperazine rings is 1. The molecule has 1 aromatic heterocycles. The first-order valence-electron chi connectivity index (χ1n) is 10.5. The van der Waals surface area contributed by atoms with E-state index in [4.69, 9.17) is 14.2 Å². The van der Waals surface area contributed by atoms with Gasteiger partial charge in [0, 0.05) is 50.2 Å². The first kappa shape index (κ1) is 23.2. The van der Waals surface area contributed by atoms with E-state index in [0.717, 1.165) is 23.6 Å². The molecule has 1 aliphatic rings. The van der Waals surface area contributed by atoms with E-state index in [1.165, 1.54) is 0 Å². The van der Waals surface area contributed by atoms with Gasteiger partial charge in [0.1, 0.15) is 17.2 Å². The Hall–Kier alpha value is -3.95. The second-order valence-electron chi connectivity index (χ2n) is 7.50. The number of nitrogens with zero attached hydrogens (tertiary/aromatic N) is 3. The number of halogens is 3. The van der Waals surface area contributed by atoms with Crippen LogP contribution < -0.4 is 19.1 Å². The average Bonchev–Trinajstić information content (AvgIpc) is 2.85. The van der Waals surface area contributed by atoms with Gasteiger partial charge in [-0.2, -0.15) is 13.2 Å². The van der Waals surface area contributed by atoms with Gasteiger partial charge in [0.05, 0.1) is 12.7 Å². The quantitative estimate of drug-likeness (QED) is 0.506. The summed E-state index contributed by atoms with van der Waals surface area (Å²) in [5.41, 5.74) is 0.178. The second kappa shape index (κ2) is 9.90. The number of pyridine rings is 1. The minimum Gasteiger partial charge on any atom is -0.497 e. The lowest BCUT2D eigenvalue weighted by Crippen LogP contribution is -2.49. The molecule has 7 nitrogen and oxygen atoms in total. The number of hydrogen-bond acceptors (Lipinski definition) is 6. The molecular weight excluding hydrogens is 451 g/mol. The van der Waals surface area contributed by atoms with Gasteiger partial charge < -0.3 is 24.0 Å². The zero-order chi connectivity index (χ0) is 24.1. The Balaban J connectivity index is 1.28. The number of methoxy groups -OCH3 is 1. The topological polar surface area (TPSA) is 64.1 Å². The molecule has 0 atom stereocenters. The van der Waals surface area contributed by atoms with Crippen LogP contribution in [0.4, 0.5) is 23.7 Å². The Morgan fingerprint density at radius 2 is 1.62 bits per heavy atom. The van der Waals surface area contributed by atoms with E-state index in [1.54, 1.807) is 36.3 Å². The molecule has 0 spiro atoms. The third-order valence-corrected chi connectivity index (χ3v) is 5.27. The summed E-state index contributed by atoms with van der Waals surface area (Å²) in [4.78, 5) is 20.0. The molecule has 1 fully saturated rings. The molecule has 10 heteroatoms. The van der Waals surface area contributed by atoms with Gasteiger partial charge in [-0.3, -0.25) is 0 Å². The van der Waals surface area contributed by atoms with Crippen LogP contribution in [-0.2, 0) is 6.18 Å². The van der Waals surface area contributed by atoms with Crippen molar-refractivity contribution in [3.8, 4) is 23.1 Å². The summed E-state index contributed by atoms with van der Waals surface area (Å²) in [7, 11) is 1.62. The molecule has 4 rings (SSSR count). The Morgan fingerprint density at radius 1 is 0.912 bits per heavy atom. The van der Waals surface area contributed by atoms with Gasteiger partial charge in [0.15, 0.2) is 0 Å². The first-order chi connectivity index (χ1) is 16.3.